The molecule has 2 unspecified atom stereocenters. The molecular weight excluding hydrogens is 264 g/mol. The van der Waals surface area contributed by atoms with Crippen LogP contribution in [0.15, 0.2) is 0 Å². The minimum Gasteiger partial charge on any atom is -0.374 e. The molecule has 0 aromatic carbocycles. The molecule has 3 fully saturated rings. The van der Waals surface area contributed by atoms with Gasteiger partial charge in [0.2, 0.25) is 0 Å². The normalized spacial score (nSPS) is 38.8. The third-order valence-electron chi connectivity index (χ3n) is 5.13. The highest BCUT2D eigenvalue weighted by atomic mass is 79.9. The maximum absolute atomic E-state index is 6.31. The molecule has 2 atom stereocenters. The quantitative estimate of drug-likeness (QED) is 0.683. The van der Waals surface area contributed by atoms with Crippen molar-refractivity contribution in [1.82, 2.24) is 0 Å². The Hall–Kier alpha value is 0.440. The molecule has 0 N–H and O–H groups in total. The molecule has 1 nitrogen and oxygen atoms in total. The van der Waals surface area contributed by atoms with Crippen LogP contribution in [0, 0.1) is 5.41 Å². The van der Waals surface area contributed by atoms with E-state index >= 15 is 0 Å². The van der Waals surface area contributed by atoms with Crippen LogP contribution in [-0.4, -0.2) is 17.0 Å². The minimum absolute atomic E-state index is 0.520. The maximum atomic E-state index is 6.31. The van der Waals surface area contributed by atoms with E-state index in [4.69, 9.17) is 4.74 Å². The van der Waals surface area contributed by atoms with Crippen molar-refractivity contribution in [3.63, 3.8) is 0 Å². The summed E-state index contributed by atoms with van der Waals surface area (Å²) >= 11 is 3.90. The van der Waals surface area contributed by atoms with Crippen LogP contribution >= 0.6 is 15.9 Å². The molecule has 0 aliphatic heterocycles. The molecule has 1 spiro atoms. The van der Waals surface area contributed by atoms with Gasteiger partial charge in [-0.05, 0) is 38.5 Å². The van der Waals surface area contributed by atoms with Gasteiger partial charge in [0, 0.05) is 10.2 Å². The van der Waals surface area contributed by atoms with Crippen molar-refractivity contribution in [3.8, 4) is 0 Å². The summed E-state index contributed by atoms with van der Waals surface area (Å²) in [6.07, 6.45) is 15.0. The standard InChI is InChI=1S/C14H23BrO/c15-12-10-13(16-11-6-5-7-11)14(12)8-3-1-2-4-9-14/h11-13H,1-10H2. The number of hydrogen-bond donors (Lipinski definition) is 0. The first-order valence-electron chi connectivity index (χ1n) is 7.11. The Balaban J connectivity index is 1.64. The highest BCUT2D eigenvalue weighted by Crippen LogP contribution is 2.56. The Bertz CT molecular complexity index is 241. The van der Waals surface area contributed by atoms with E-state index in [-0.39, 0.29) is 0 Å². The van der Waals surface area contributed by atoms with Crippen LogP contribution in [0.3, 0.4) is 0 Å². The highest BCUT2D eigenvalue weighted by molar-refractivity contribution is 9.09. The van der Waals surface area contributed by atoms with Gasteiger partial charge in [0.05, 0.1) is 12.2 Å². The Morgan fingerprint density at radius 3 is 2.12 bits per heavy atom. The number of alkyl halides is 1. The maximum Gasteiger partial charge on any atom is 0.0656 e. The fourth-order valence-corrected chi connectivity index (χ4v) is 4.74. The van der Waals surface area contributed by atoms with Gasteiger partial charge in [-0.15, -0.1) is 0 Å². The second-order valence-corrected chi connectivity index (χ2v) is 7.13. The Morgan fingerprint density at radius 2 is 1.62 bits per heavy atom. The lowest BCUT2D eigenvalue weighted by molar-refractivity contribution is -0.160. The largest absolute Gasteiger partial charge is 0.374 e. The van der Waals surface area contributed by atoms with Gasteiger partial charge in [0.1, 0.15) is 0 Å². The fourth-order valence-electron chi connectivity index (χ4n) is 3.65. The van der Waals surface area contributed by atoms with E-state index in [1.165, 1.54) is 64.2 Å². The average molecular weight is 287 g/mol. The van der Waals surface area contributed by atoms with Crippen LogP contribution in [-0.2, 0) is 4.74 Å². The number of rotatable bonds is 2. The lowest BCUT2D eigenvalue weighted by atomic mass is 9.61. The Morgan fingerprint density at radius 1 is 0.938 bits per heavy atom. The Kier molecular flexibility index (Phi) is 3.32. The third kappa shape index (κ3) is 1.86. The Labute approximate surface area is 107 Å². The summed E-state index contributed by atoms with van der Waals surface area (Å²) in [6, 6.07) is 0. The second-order valence-electron chi connectivity index (χ2n) is 6.03. The lowest BCUT2D eigenvalue weighted by Gasteiger charge is -2.55. The van der Waals surface area contributed by atoms with Gasteiger partial charge in [-0.1, -0.05) is 41.6 Å². The summed E-state index contributed by atoms with van der Waals surface area (Å²) in [7, 11) is 0. The molecule has 0 bridgehead atoms. The van der Waals surface area contributed by atoms with E-state index in [9.17, 15) is 0 Å². The summed E-state index contributed by atoms with van der Waals surface area (Å²) in [5, 5.41) is 0. The van der Waals surface area contributed by atoms with Crippen molar-refractivity contribution in [1.29, 1.82) is 0 Å². The molecule has 3 aliphatic carbocycles. The van der Waals surface area contributed by atoms with Crippen LogP contribution in [0.2, 0.25) is 0 Å². The topological polar surface area (TPSA) is 9.23 Å². The first-order chi connectivity index (χ1) is 7.81. The SMILES string of the molecule is BrC1CC(OC2CCC2)C12CCCCCC2. The van der Waals surface area contributed by atoms with Crippen molar-refractivity contribution in [2.75, 3.05) is 0 Å². The smallest absolute Gasteiger partial charge is 0.0656 e. The van der Waals surface area contributed by atoms with Gasteiger partial charge in [0.15, 0.2) is 0 Å². The van der Waals surface area contributed by atoms with E-state index in [1.54, 1.807) is 0 Å². The van der Waals surface area contributed by atoms with Gasteiger partial charge >= 0.3 is 0 Å². The van der Waals surface area contributed by atoms with E-state index in [0.29, 0.717) is 17.6 Å². The first kappa shape index (κ1) is 11.5. The van der Waals surface area contributed by atoms with Crippen LogP contribution in [0.5, 0.6) is 0 Å². The lowest BCUT2D eigenvalue weighted by Crippen LogP contribution is -2.56. The van der Waals surface area contributed by atoms with Crippen molar-refractivity contribution in [2.45, 2.75) is 81.2 Å². The fraction of sp³-hybridized carbons (Fsp3) is 1.00. The van der Waals surface area contributed by atoms with Gasteiger partial charge < -0.3 is 4.74 Å². The average Bonchev–Trinajstić information content (AvgIpc) is 2.48. The van der Waals surface area contributed by atoms with Crippen LogP contribution in [0.1, 0.15) is 64.2 Å². The molecule has 92 valence electrons. The molecule has 16 heavy (non-hydrogen) atoms. The molecule has 0 saturated heterocycles. The summed E-state index contributed by atoms with van der Waals surface area (Å²) in [5.41, 5.74) is 0.520. The van der Waals surface area contributed by atoms with Gasteiger partial charge in [-0.25, -0.2) is 0 Å². The molecule has 3 saturated carbocycles. The van der Waals surface area contributed by atoms with Crippen LogP contribution < -0.4 is 0 Å². The van der Waals surface area contributed by atoms with Crippen molar-refractivity contribution < 1.29 is 4.74 Å². The molecule has 2 heteroatoms. The molecule has 0 radical (unpaired) electrons. The van der Waals surface area contributed by atoms with Crippen LogP contribution in [0.4, 0.5) is 0 Å². The second kappa shape index (κ2) is 4.61. The molecule has 3 aliphatic rings. The summed E-state index contributed by atoms with van der Waals surface area (Å²) < 4.78 is 6.31. The minimum atomic E-state index is 0.520. The van der Waals surface area contributed by atoms with Crippen molar-refractivity contribution in [2.24, 2.45) is 5.41 Å². The number of halogens is 1. The monoisotopic (exact) mass is 286 g/mol. The number of hydrogen-bond acceptors (Lipinski definition) is 1. The predicted octanol–water partition coefficient (Wildman–Crippen LogP) is 4.43. The van der Waals surface area contributed by atoms with E-state index in [1.807, 2.05) is 0 Å². The summed E-state index contributed by atoms with van der Waals surface area (Å²) in [5.74, 6) is 0. The van der Waals surface area contributed by atoms with Gasteiger partial charge in [-0.2, -0.15) is 0 Å². The first-order valence-corrected chi connectivity index (χ1v) is 8.02. The molecule has 3 rings (SSSR count). The zero-order chi connectivity index (χ0) is 11.0. The third-order valence-corrected chi connectivity index (χ3v) is 6.42. The zero-order valence-corrected chi connectivity index (χ0v) is 11.7. The van der Waals surface area contributed by atoms with E-state index in [2.05, 4.69) is 15.9 Å². The molecule has 0 aromatic heterocycles. The number of ether oxygens (including phenoxy) is 1. The van der Waals surface area contributed by atoms with E-state index < -0.39 is 0 Å². The predicted molar refractivity (Wildman–Crippen MR) is 70.0 cm³/mol. The molecular formula is C14H23BrO. The highest BCUT2D eigenvalue weighted by Gasteiger charge is 2.54. The van der Waals surface area contributed by atoms with Crippen LogP contribution in [0.25, 0.3) is 0 Å². The van der Waals surface area contributed by atoms with Gasteiger partial charge in [0.25, 0.3) is 0 Å². The summed E-state index contributed by atoms with van der Waals surface area (Å²) in [4.78, 5) is 0.739. The summed E-state index contributed by atoms with van der Waals surface area (Å²) in [6.45, 7) is 0. The molecule has 0 heterocycles. The van der Waals surface area contributed by atoms with Crippen molar-refractivity contribution in [3.05, 3.63) is 0 Å². The zero-order valence-electron chi connectivity index (χ0n) is 10.1. The molecule has 0 amide bonds. The molecule has 0 aromatic rings. The van der Waals surface area contributed by atoms with E-state index in [0.717, 1.165) is 4.83 Å². The van der Waals surface area contributed by atoms with Crippen molar-refractivity contribution >= 4 is 15.9 Å². The van der Waals surface area contributed by atoms with Gasteiger partial charge in [-0.3, -0.25) is 0 Å².